The van der Waals surface area contributed by atoms with Crippen LogP contribution >= 0.6 is 23.2 Å². The van der Waals surface area contributed by atoms with Gasteiger partial charge in [0.2, 0.25) is 11.8 Å². The van der Waals surface area contributed by atoms with Crippen LogP contribution in [0.1, 0.15) is 42.5 Å². The van der Waals surface area contributed by atoms with Gasteiger partial charge in [0.25, 0.3) is 5.91 Å². The summed E-state index contributed by atoms with van der Waals surface area (Å²) in [6.45, 7) is 0.196. The Balaban J connectivity index is 1.46. The topological polar surface area (TPSA) is 78.5 Å². The monoisotopic (exact) mass is 459 g/mol. The number of rotatable bonds is 5. The Hall–Kier alpha value is -2.57. The summed E-state index contributed by atoms with van der Waals surface area (Å²) >= 11 is 12.3. The molecule has 4 rings (SSSR count). The van der Waals surface area contributed by atoms with Gasteiger partial charge in [0, 0.05) is 19.0 Å². The molecule has 31 heavy (non-hydrogen) atoms. The molecule has 0 aromatic heterocycles. The van der Waals surface area contributed by atoms with Crippen molar-refractivity contribution in [2.75, 3.05) is 16.8 Å². The normalized spacial score (nSPS) is 19.0. The maximum atomic E-state index is 12.9. The number of halogens is 2. The lowest BCUT2D eigenvalue weighted by Gasteiger charge is -2.19. The molecule has 1 saturated carbocycles. The third kappa shape index (κ3) is 4.70. The van der Waals surface area contributed by atoms with Crippen LogP contribution in [0.4, 0.5) is 11.4 Å². The van der Waals surface area contributed by atoms with E-state index in [-0.39, 0.29) is 41.8 Å². The first kappa shape index (κ1) is 21.7. The van der Waals surface area contributed by atoms with E-state index in [4.69, 9.17) is 23.2 Å². The van der Waals surface area contributed by atoms with Gasteiger partial charge >= 0.3 is 0 Å². The minimum atomic E-state index is -0.562. The molecule has 0 bridgehead atoms. The predicted molar refractivity (Wildman–Crippen MR) is 122 cm³/mol. The number of nitrogens with zero attached hydrogens (tertiary/aromatic N) is 1. The average Bonchev–Trinajstić information content (AvgIpc) is 3.40. The lowest BCUT2D eigenvalue weighted by atomic mass is 10.1. The molecular formula is C23H23Cl2N3O3. The SMILES string of the molecule is O=C(NC1CCCC1)c1ccccc1NC(=O)[C@H]1CC(=O)N(c2cccc(Cl)c2Cl)C1. The van der Waals surface area contributed by atoms with Gasteiger partial charge in [-0.2, -0.15) is 0 Å². The number of hydrogen-bond donors (Lipinski definition) is 2. The summed E-state index contributed by atoms with van der Waals surface area (Å²) in [5.74, 6) is -1.27. The van der Waals surface area contributed by atoms with Gasteiger partial charge < -0.3 is 15.5 Å². The molecule has 0 radical (unpaired) electrons. The van der Waals surface area contributed by atoms with Gasteiger partial charge in [-0.1, -0.05) is 54.2 Å². The highest BCUT2D eigenvalue weighted by Crippen LogP contribution is 2.36. The fraction of sp³-hybridized carbons (Fsp3) is 0.348. The molecule has 1 aliphatic carbocycles. The van der Waals surface area contributed by atoms with Crippen molar-refractivity contribution in [3.05, 3.63) is 58.1 Å². The molecule has 0 spiro atoms. The number of anilines is 2. The van der Waals surface area contributed by atoms with Crippen molar-refractivity contribution in [2.45, 2.75) is 38.1 Å². The van der Waals surface area contributed by atoms with Gasteiger partial charge in [0.15, 0.2) is 0 Å². The van der Waals surface area contributed by atoms with Crippen molar-refractivity contribution < 1.29 is 14.4 Å². The molecule has 2 aliphatic rings. The van der Waals surface area contributed by atoms with E-state index in [1.165, 1.54) is 4.90 Å². The summed E-state index contributed by atoms with van der Waals surface area (Å²) in [6, 6.07) is 12.2. The Bertz CT molecular complexity index is 1020. The quantitative estimate of drug-likeness (QED) is 0.682. The van der Waals surface area contributed by atoms with Crippen molar-refractivity contribution in [1.29, 1.82) is 0 Å². The lowest BCUT2D eigenvalue weighted by Crippen LogP contribution is -2.34. The molecule has 1 saturated heterocycles. The molecule has 1 heterocycles. The first-order chi connectivity index (χ1) is 14.9. The number of nitrogens with one attached hydrogen (secondary N) is 2. The van der Waals surface area contributed by atoms with Crippen LogP contribution in [0, 0.1) is 5.92 Å². The summed E-state index contributed by atoms with van der Waals surface area (Å²) in [5, 5.41) is 6.52. The second-order valence-electron chi connectivity index (χ2n) is 7.97. The fourth-order valence-corrected chi connectivity index (χ4v) is 4.57. The standard InChI is InChI=1S/C23H23Cl2N3O3/c24-17-9-5-11-19(21(17)25)28-13-14(12-20(28)29)22(30)27-18-10-4-3-8-16(18)23(31)26-15-6-1-2-7-15/h3-5,8-11,14-15H,1-2,6-7,12-13H2,(H,26,31)(H,27,30)/t14-/m0/s1. The maximum Gasteiger partial charge on any atom is 0.253 e. The van der Waals surface area contributed by atoms with E-state index in [1.807, 2.05) is 0 Å². The molecule has 2 aromatic carbocycles. The minimum Gasteiger partial charge on any atom is -0.349 e. The molecule has 0 unspecified atom stereocenters. The van der Waals surface area contributed by atoms with Crippen LogP contribution < -0.4 is 15.5 Å². The van der Waals surface area contributed by atoms with E-state index >= 15 is 0 Å². The Kier molecular flexibility index (Phi) is 6.49. The van der Waals surface area contributed by atoms with Crippen LogP contribution in [-0.4, -0.2) is 30.3 Å². The molecule has 162 valence electrons. The molecule has 2 aromatic rings. The zero-order valence-electron chi connectivity index (χ0n) is 16.9. The van der Waals surface area contributed by atoms with Gasteiger partial charge in [0.05, 0.1) is 32.9 Å². The van der Waals surface area contributed by atoms with Crippen LogP contribution in [0.5, 0.6) is 0 Å². The Morgan fingerprint density at radius 3 is 2.52 bits per heavy atom. The van der Waals surface area contributed by atoms with Crippen LogP contribution in [0.3, 0.4) is 0 Å². The number of amides is 3. The van der Waals surface area contributed by atoms with Gasteiger partial charge in [-0.15, -0.1) is 0 Å². The molecule has 1 aliphatic heterocycles. The zero-order chi connectivity index (χ0) is 22.0. The van der Waals surface area contributed by atoms with E-state index < -0.39 is 5.92 Å². The molecule has 6 nitrogen and oxygen atoms in total. The van der Waals surface area contributed by atoms with Crippen LogP contribution in [0.25, 0.3) is 0 Å². The van der Waals surface area contributed by atoms with Crippen LogP contribution in [0.2, 0.25) is 10.0 Å². The second kappa shape index (κ2) is 9.28. The number of carbonyl (C=O) groups excluding carboxylic acids is 3. The molecule has 2 N–H and O–H groups in total. The van der Waals surface area contributed by atoms with Crippen molar-refractivity contribution >= 4 is 52.3 Å². The third-order valence-corrected chi connectivity index (χ3v) is 6.65. The predicted octanol–water partition coefficient (Wildman–Crippen LogP) is 4.66. The molecular weight excluding hydrogens is 437 g/mol. The third-order valence-electron chi connectivity index (χ3n) is 5.84. The Morgan fingerprint density at radius 1 is 1.00 bits per heavy atom. The number of para-hydroxylation sites is 1. The van der Waals surface area contributed by atoms with Gasteiger partial charge in [-0.25, -0.2) is 0 Å². The second-order valence-corrected chi connectivity index (χ2v) is 8.75. The molecule has 1 atom stereocenters. The van der Waals surface area contributed by atoms with Gasteiger partial charge in [-0.05, 0) is 37.1 Å². The maximum absolute atomic E-state index is 12.9. The van der Waals surface area contributed by atoms with Crippen molar-refractivity contribution in [2.24, 2.45) is 5.92 Å². The van der Waals surface area contributed by atoms with Crippen LogP contribution in [-0.2, 0) is 9.59 Å². The summed E-state index contributed by atoms with van der Waals surface area (Å²) in [5.41, 5.74) is 1.35. The highest BCUT2D eigenvalue weighted by molar-refractivity contribution is 6.44. The van der Waals surface area contributed by atoms with Crippen molar-refractivity contribution in [3.63, 3.8) is 0 Å². The number of hydrogen-bond acceptors (Lipinski definition) is 3. The minimum absolute atomic E-state index is 0.0606. The van der Waals surface area contributed by atoms with Crippen LogP contribution in [0.15, 0.2) is 42.5 Å². The van der Waals surface area contributed by atoms with E-state index in [0.29, 0.717) is 22.0 Å². The fourth-order valence-electron chi connectivity index (χ4n) is 4.18. The van der Waals surface area contributed by atoms with E-state index in [9.17, 15) is 14.4 Å². The first-order valence-corrected chi connectivity index (χ1v) is 11.1. The largest absolute Gasteiger partial charge is 0.349 e. The van der Waals surface area contributed by atoms with Gasteiger partial charge in [-0.3, -0.25) is 14.4 Å². The molecule has 2 fully saturated rings. The Labute approximate surface area is 190 Å². The number of benzene rings is 2. The summed E-state index contributed by atoms with van der Waals surface area (Å²) < 4.78 is 0. The van der Waals surface area contributed by atoms with Gasteiger partial charge in [0.1, 0.15) is 0 Å². The first-order valence-electron chi connectivity index (χ1n) is 10.4. The molecule has 8 heteroatoms. The number of carbonyl (C=O) groups is 3. The highest BCUT2D eigenvalue weighted by atomic mass is 35.5. The van der Waals surface area contributed by atoms with Crippen molar-refractivity contribution in [1.82, 2.24) is 5.32 Å². The Morgan fingerprint density at radius 2 is 1.74 bits per heavy atom. The summed E-state index contributed by atoms with van der Waals surface area (Å²) in [7, 11) is 0. The highest BCUT2D eigenvalue weighted by Gasteiger charge is 2.36. The smallest absolute Gasteiger partial charge is 0.253 e. The zero-order valence-corrected chi connectivity index (χ0v) is 18.4. The molecule has 3 amide bonds. The summed E-state index contributed by atoms with van der Waals surface area (Å²) in [6.07, 6.45) is 4.25. The van der Waals surface area contributed by atoms with E-state index in [2.05, 4.69) is 10.6 Å². The van der Waals surface area contributed by atoms with E-state index in [0.717, 1.165) is 25.7 Å². The average molecular weight is 460 g/mol. The lowest BCUT2D eigenvalue weighted by molar-refractivity contribution is -0.122. The summed E-state index contributed by atoms with van der Waals surface area (Å²) in [4.78, 5) is 39.7. The van der Waals surface area contributed by atoms with Crippen molar-refractivity contribution in [3.8, 4) is 0 Å². The van der Waals surface area contributed by atoms with E-state index in [1.54, 1.807) is 42.5 Å².